The van der Waals surface area contributed by atoms with Crippen LogP contribution in [-0.2, 0) is 24.0 Å². The van der Waals surface area contributed by atoms with Crippen LogP contribution in [0.5, 0.6) is 0 Å². The van der Waals surface area contributed by atoms with Gasteiger partial charge in [0.05, 0.1) is 12.1 Å². The van der Waals surface area contributed by atoms with Crippen molar-refractivity contribution in [3.05, 3.63) is 39.3 Å². The predicted octanol–water partition coefficient (Wildman–Crippen LogP) is 4.56. The van der Waals surface area contributed by atoms with Gasteiger partial charge in [-0.2, -0.15) is 11.8 Å². The highest BCUT2D eigenvalue weighted by molar-refractivity contribution is 8.76. The molecular formula is C40H59F4N11O8S3. The maximum absolute atomic E-state index is 14.3. The van der Waals surface area contributed by atoms with Gasteiger partial charge in [0, 0.05) is 72.9 Å². The summed E-state index contributed by atoms with van der Waals surface area (Å²) < 4.78 is 56.7. The van der Waals surface area contributed by atoms with Crippen molar-refractivity contribution in [1.82, 2.24) is 37.2 Å². The summed E-state index contributed by atoms with van der Waals surface area (Å²) in [5, 5.41) is 31.2. The second kappa shape index (κ2) is 30.6. The van der Waals surface area contributed by atoms with Crippen molar-refractivity contribution in [2.75, 3.05) is 43.4 Å². The number of hydrogen-bond donors (Lipinski definition) is 9. The van der Waals surface area contributed by atoms with Crippen molar-refractivity contribution in [3.63, 3.8) is 0 Å². The minimum atomic E-state index is -2.02. The first kappa shape index (κ1) is 55.7. The molecule has 0 radical (unpaired) electrons. The lowest BCUT2D eigenvalue weighted by atomic mass is 10.0. The van der Waals surface area contributed by atoms with Crippen LogP contribution in [0.25, 0.3) is 10.4 Å². The number of carbonyl (C=O) groups excluding carboxylic acids is 6. The predicted molar refractivity (Wildman–Crippen MR) is 244 cm³/mol. The Morgan fingerprint density at radius 1 is 0.773 bits per heavy atom. The Kier molecular flexibility index (Phi) is 25.8. The molecule has 2 aliphatic heterocycles. The van der Waals surface area contributed by atoms with Crippen LogP contribution in [0.3, 0.4) is 0 Å². The number of unbranched alkanes of at least 4 members (excludes halogenated alkanes) is 6. The van der Waals surface area contributed by atoms with Crippen molar-refractivity contribution in [3.8, 4) is 0 Å². The maximum atomic E-state index is 14.3. The molecule has 26 heteroatoms. The number of hydrogen-bond acceptors (Lipinski definition) is 12. The molecule has 66 heavy (non-hydrogen) atoms. The van der Waals surface area contributed by atoms with Crippen LogP contribution in [-0.4, -0.2) is 119 Å². The molecule has 0 aliphatic carbocycles. The molecule has 0 saturated carbocycles. The van der Waals surface area contributed by atoms with Gasteiger partial charge < -0.3 is 48.1 Å². The average molecular weight is 994 g/mol. The number of carboxylic acids is 1. The number of nitrogens with two attached hydrogens (primary N) is 1. The first-order valence-corrected chi connectivity index (χ1v) is 25.4. The van der Waals surface area contributed by atoms with Crippen molar-refractivity contribution in [2.45, 2.75) is 126 Å². The number of amides is 7. The molecule has 3 rings (SSSR count). The number of carbonyl (C=O) groups is 7. The van der Waals surface area contributed by atoms with Gasteiger partial charge in [0.2, 0.25) is 23.6 Å². The van der Waals surface area contributed by atoms with Gasteiger partial charge in [0.15, 0.2) is 23.3 Å². The van der Waals surface area contributed by atoms with E-state index in [1.165, 1.54) is 21.6 Å². The van der Waals surface area contributed by atoms with E-state index in [0.717, 1.165) is 37.9 Å². The molecular weight excluding hydrogens is 935 g/mol. The molecule has 2 fully saturated rings. The summed E-state index contributed by atoms with van der Waals surface area (Å²) in [6.07, 6.45) is 7.67. The van der Waals surface area contributed by atoms with Gasteiger partial charge >= 0.3 is 12.0 Å². The molecule has 10 N–H and O–H groups in total. The molecule has 0 bridgehead atoms. The smallest absolute Gasteiger partial charge is 0.321 e. The van der Waals surface area contributed by atoms with E-state index in [9.17, 15) is 51.1 Å². The van der Waals surface area contributed by atoms with Gasteiger partial charge in [-0.1, -0.05) is 46.0 Å². The molecule has 2 heterocycles. The van der Waals surface area contributed by atoms with Crippen molar-refractivity contribution < 1.29 is 56.2 Å². The van der Waals surface area contributed by atoms with Gasteiger partial charge in [-0.05, 0) is 63.3 Å². The number of fused-ring (bicyclic) bond motifs is 1. The number of nitrogens with zero attached hydrogens (tertiary/aromatic N) is 3. The summed E-state index contributed by atoms with van der Waals surface area (Å²) in [6.45, 7) is 0.958. The number of rotatable bonds is 33. The van der Waals surface area contributed by atoms with Gasteiger partial charge in [0.25, 0.3) is 5.91 Å². The Morgan fingerprint density at radius 3 is 1.98 bits per heavy atom. The molecule has 2 saturated heterocycles. The molecule has 5 atom stereocenters. The van der Waals surface area contributed by atoms with Crippen molar-refractivity contribution in [2.24, 2.45) is 10.8 Å². The molecule has 19 nitrogen and oxygen atoms in total. The Hall–Kier alpha value is -4.65. The lowest BCUT2D eigenvalue weighted by molar-refractivity contribution is -0.138. The molecule has 368 valence electrons. The lowest BCUT2D eigenvalue weighted by Gasteiger charge is -2.19. The molecule has 0 spiro atoms. The summed E-state index contributed by atoms with van der Waals surface area (Å²) in [6, 6.07) is -1.68. The average Bonchev–Trinajstić information content (AvgIpc) is 3.84. The van der Waals surface area contributed by atoms with Crippen LogP contribution >= 0.6 is 33.3 Å². The third kappa shape index (κ3) is 19.7. The summed E-state index contributed by atoms with van der Waals surface area (Å²) in [7, 11) is 2.57. The summed E-state index contributed by atoms with van der Waals surface area (Å²) in [5.74, 6) is -10.1. The van der Waals surface area contributed by atoms with E-state index in [2.05, 4.69) is 47.2 Å². The lowest BCUT2D eigenvalue weighted by Crippen LogP contribution is -2.47. The minimum Gasteiger partial charge on any atom is -0.480 e. The van der Waals surface area contributed by atoms with Crippen molar-refractivity contribution in [1.29, 1.82) is 0 Å². The third-order valence-electron chi connectivity index (χ3n) is 10.5. The van der Waals surface area contributed by atoms with E-state index >= 15 is 0 Å². The fraction of sp³-hybridized carbons (Fsp3) is 0.675. The normalized spacial score (nSPS) is 17.0. The number of halogens is 4. The summed E-state index contributed by atoms with van der Waals surface area (Å²) in [4.78, 5) is 87.4. The fourth-order valence-corrected chi connectivity index (χ4v) is 10.5. The van der Waals surface area contributed by atoms with E-state index < -0.39 is 70.3 Å². The zero-order valence-corrected chi connectivity index (χ0v) is 38.9. The first-order chi connectivity index (χ1) is 31.6. The number of azide groups is 1. The highest BCUT2D eigenvalue weighted by Gasteiger charge is 2.42. The van der Waals surface area contributed by atoms with Crippen LogP contribution in [0.4, 0.5) is 28.0 Å². The van der Waals surface area contributed by atoms with Gasteiger partial charge in [-0.15, -0.1) is 0 Å². The van der Waals surface area contributed by atoms with E-state index in [0.29, 0.717) is 69.0 Å². The van der Waals surface area contributed by atoms with Crippen LogP contribution in [0.1, 0.15) is 107 Å². The Bertz CT molecular complexity index is 1860. The number of carboxylic acid groups (broad SMARTS) is 1. The molecule has 1 aromatic carbocycles. The first-order valence-electron chi connectivity index (χ1n) is 21.9. The molecule has 0 aromatic heterocycles. The molecule has 5 unspecified atom stereocenters. The Morgan fingerprint density at radius 2 is 1.36 bits per heavy atom. The van der Waals surface area contributed by atoms with Crippen LogP contribution < -0.4 is 43.0 Å². The quantitative estimate of drug-likeness (QED) is 0.00685. The summed E-state index contributed by atoms with van der Waals surface area (Å²) >= 11 is 1.86. The van der Waals surface area contributed by atoms with Gasteiger partial charge in [0.1, 0.15) is 23.3 Å². The molecule has 7 amide bonds. The van der Waals surface area contributed by atoms with Gasteiger partial charge in [-0.3, -0.25) is 28.8 Å². The van der Waals surface area contributed by atoms with E-state index in [4.69, 9.17) is 16.4 Å². The molecule has 2 aliphatic rings. The number of thioether (sulfide) groups is 1. The Balaban J connectivity index is 1.30. The fourth-order valence-electron chi connectivity index (χ4n) is 6.92. The largest absolute Gasteiger partial charge is 0.480 e. The maximum Gasteiger partial charge on any atom is 0.321 e. The van der Waals surface area contributed by atoms with E-state index in [1.54, 1.807) is 0 Å². The second-order valence-electron chi connectivity index (χ2n) is 15.6. The highest BCUT2D eigenvalue weighted by Crippen LogP contribution is 2.33. The second-order valence-corrected chi connectivity index (χ2v) is 19.5. The summed E-state index contributed by atoms with van der Waals surface area (Å²) in [5.41, 5.74) is 10.8. The topological polar surface area (TPSA) is 299 Å². The van der Waals surface area contributed by atoms with E-state index in [-0.39, 0.29) is 68.0 Å². The number of aliphatic carboxylic acids is 1. The minimum absolute atomic E-state index is 0.00148. The van der Waals surface area contributed by atoms with E-state index in [1.807, 2.05) is 11.8 Å². The monoisotopic (exact) mass is 993 g/mol. The zero-order valence-electron chi connectivity index (χ0n) is 36.4. The SMILES string of the molecule is [N-]=[N+]=Nc1c(F)c(F)c(C(=O)NCCCCCC(=O)NC(CCCCNC(=O)CCCCCNC(=O)CCCCC2SCC3NC(=O)NC32)C(=O)NCCSSCC(N)C(=O)O)c(F)c1F. The molecule has 1 aromatic rings. The number of nitrogens with one attached hydrogen (secondary N) is 7. The number of benzene rings is 1. The van der Waals surface area contributed by atoms with Gasteiger partial charge in [-0.25, -0.2) is 22.4 Å². The van der Waals surface area contributed by atoms with Crippen molar-refractivity contribution >= 4 is 80.6 Å². The Labute approximate surface area is 392 Å². The zero-order chi connectivity index (χ0) is 48.4. The highest BCUT2D eigenvalue weighted by atomic mass is 33.1. The van der Waals surface area contributed by atoms with Crippen LogP contribution in [0.15, 0.2) is 5.11 Å². The standard InChI is InChI=1S/C40H59F4N11O8S3/c41-31-30(32(42)34(44)36(33(31)43)54-55-46)38(60)49-18-9-2-4-15-29(58)51-24(37(59)50-19-20-65-66-21-23(45)39(61)62)11-7-10-17-48-27(56)13-3-1-8-16-47-28(57)14-6-5-12-26-35-25(22-64-26)52-40(63)53-35/h23-26,35H,1-22,45H2,(H,47,57)(H,48,56)(H,49,60)(H,50,59)(H,51,58)(H,61,62)(H2,52,53,63). The van der Waals surface area contributed by atoms with Crippen LogP contribution in [0.2, 0.25) is 0 Å². The third-order valence-corrected chi connectivity index (χ3v) is 14.4. The number of urea groups is 1. The van der Waals surface area contributed by atoms with Crippen LogP contribution in [0, 0.1) is 23.3 Å².